The molecule has 0 bridgehead atoms. The van der Waals surface area contributed by atoms with E-state index in [9.17, 15) is 4.79 Å². The Kier molecular flexibility index (Phi) is 4.57. The average Bonchev–Trinajstić information content (AvgIpc) is 3.14. The summed E-state index contributed by atoms with van der Waals surface area (Å²) in [6, 6.07) is 17.4. The molecule has 0 atom stereocenters. The monoisotopic (exact) mass is 371 g/mol. The number of nitrogens with zero attached hydrogens (tertiary/aromatic N) is 2. The van der Waals surface area contributed by atoms with Gasteiger partial charge in [0, 0.05) is 23.5 Å². The second-order valence-electron chi connectivity index (χ2n) is 6.78. The fourth-order valence-corrected chi connectivity index (χ4v) is 3.21. The van der Waals surface area contributed by atoms with Crippen LogP contribution in [0.1, 0.15) is 21.5 Å². The maximum absolute atomic E-state index is 12.9. The first-order valence-electron chi connectivity index (χ1n) is 9.06. The Hall–Kier alpha value is -3.60. The van der Waals surface area contributed by atoms with Crippen molar-refractivity contribution < 1.29 is 9.53 Å². The van der Waals surface area contributed by atoms with Crippen LogP contribution in [0.15, 0.2) is 67.0 Å². The third kappa shape index (κ3) is 3.34. The molecule has 2 aromatic heterocycles. The van der Waals surface area contributed by atoms with Crippen LogP contribution in [0.3, 0.4) is 0 Å². The van der Waals surface area contributed by atoms with Crippen molar-refractivity contribution in [2.45, 2.75) is 13.8 Å². The van der Waals surface area contributed by atoms with Gasteiger partial charge in [-0.05, 0) is 55.8 Å². The smallest absolute Gasteiger partial charge is 0.256 e. The number of carbonyl (C=O) groups is 1. The third-order valence-corrected chi connectivity index (χ3v) is 4.75. The van der Waals surface area contributed by atoms with Crippen LogP contribution in [-0.4, -0.2) is 22.4 Å². The number of pyridine rings is 1. The molecule has 140 valence electrons. The summed E-state index contributed by atoms with van der Waals surface area (Å²) in [6.07, 6.45) is 3.92. The molecule has 0 unspecified atom stereocenters. The number of carbonyl (C=O) groups excluding carboxylic acids is 1. The molecule has 2 heterocycles. The Balaban J connectivity index is 1.71. The number of imidazole rings is 1. The van der Waals surface area contributed by atoms with E-state index in [2.05, 4.69) is 10.3 Å². The molecule has 0 saturated heterocycles. The fraction of sp³-hybridized carbons (Fsp3) is 0.130. The summed E-state index contributed by atoms with van der Waals surface area (Å²) in [6.45, 7) is 3.90. The first-order chi connectivity index (χ1) is 13.5. The number of aryl methyl sites for hydroxylation is 2. The quantitative estimate of drug-likeness (QED) is 0.556. The average molecular weight is 371 g/mol. The van der Waals surface area contributed by atoms with E-state index in [1.165, 1.54) is 0 Å². The van der Waals surface area contributed by atoms with Crippen LogP contribution >= 0.6 is 0 Å². The second kappa shape index (κ2) is 7.19. The van der Waals surface area contributed by atoms with Crippen LogP contribution in [0.5, 0.6) is 5.75 Å². The lowest BCUT2D eigenvalue weighted by Gasteiger charge is -2.13. The highest BCUT2D eigenvalue weighted by molar-refractivity contribution is 6.06. The molecule has 5 heteroatoms. The van der Waals surface area contributed by atoms with E-state index in [0.717, 1.165) is 28.0 Å². The van der Waals surface area contributed by atoms with Gasteiger partial charge >= 0.3 is 0 Å². The zero-order valence-electron chi connectivity index (χ0n) is 16.1. The summed E-state index contributed by atoms with van der Waals surface area (Å²) in [5.41, 5.74) is 5.84. The molecule has 0 aliphatic carbocycles. The van der Waals surface area contributed by atoms with E-state index >= 15 is 0 Å². The largest absolute Gasteiger partial charge is 0.495 e. The number of aromatic nitrogens is 2. The molecule has 0 saturated carbocycles. The maximum Gasteiger partial charge on any atom is 0.256 e. The lowest BCUT2D eigenvalue weighted by atomic mass is 10.0. The Bertz CT molecular complexity index is 1140. The third-order valence-electron chi connectivity index (χ3n) is 4.75. The molecule has 2 aromatic carbocycles. The SMILES string of the molecule is COc1ccc(-c2cn3ccccc3n2)cc1NC(=O)c1cc(C)ccc1C. The molecule has 0 fully saturated rings. The Morgan fingerprint density at radius 2 is 1.93 bits per heavy atom. The standard InChI is InChI=1S/C23H21N3O2/c1-15-7-8-16(2)18(12-15)23(27)25-19-13-17(9-10-21(19)28-3)20-14-26-11-5-4-6-22(26)24-20/h4-14H,1-3H3,(H,25,27). The van der Waals surface area contributed by atoms with Crippen molar-refractivity contribution in [3.63, 3.8) is 0 Å². The fourth-order valence-electron chi connectivity index (χ4n) is 3.21. The normalized spacial score (nSPS) is 10.8. The Morgan fingerprint density at radius 3 is 2.71 bits per heavy atom. The number of nitrogens with one attached hydrogen (secondary N) is 1. The molecule has 4 rings (SSSR count). The number of fused-ring (bicyclic) bond motifs is 1. The first kappa shape index (κ1) is 17.8. The van der Waals surface area contributed by atoms with Gasteiger partial charge in [0.05, 0.1) is 18.5 Å². The van der Waals surface area contributed by atoms with Gasteiger partial charge in [-0.1, -0.05) is 23.8 Å². The minimum atomic E-state index is -0.161. The van der Waals surface area contributed by atoms with Gasteiger partial charge in [-0.25, -0.2) is 4.98 Å². The van der Waals surface area contributed by atoms with Gasteiger partial charge < -0.3 is 14.5 Å². The summed E-state index contributed by atoms with van der Waals surface area (Å²) in [4.78, 5) is 17.5. The van der Waals surface area contributed by atoms with Crippen molar-refractivity contribution in [2.75, 3.05) is 12.4 Å². The first-order valence-corrected chi connectivity index (χ1v) is 9.06. The number of methoxy groups -OCH3 is 1. The molecule has 28 heavy (non-hydrogen) atoms. The lowest BCUT2D eigenvalue weighted by molar-refractivity contribution is 0.102. The Morgan fingerprint density at radius 1 is 1.07 bits per heavy atom. The van der Waals surface area contributed by atoms with E-state index in [0.29, 0.717) is 17.0 Å². The summed E-state index contributed by atoms with van der Waals surface area (Å²) >= 11 is 0. The number of hydrogen-bond acceptors (Lipinski definition) is 3. The number of rotatable bonds is 4. The van der Waals surface area contributed by atoms with Crippen molar-refractivity contribution in [3.05, 3.63) is 83.7 Å². The number of amides is 1. The molecule has 1 N–H and O–H groups in total. The predicted octanol–water partition coefficient (Wildman–Crippen LogP) is 4.88. The predicted molar refractivity (Wildman–Crippen MR) is 111 cm³/mol. The van der Waals surface area contributed by atoms with Gasteiger partial charge in [0.1, 0.15) is 11.4 Å². The second-order valence-corrected chi connectivity index (χ2v) is 6.78. The van der Waals surface area contributed by atoms with Gasteiger partial charge in [0.15, 0.2) is 0 Å². The summed E-state index contributed by atoms with van der Waals surface area (Å²) in [5, 5.41) is 2.99. The molecule has 1 amide bonds. The van der Waals surface area contributed by atoms with Gasteiger partial charge in [-0.15, -0.1) is 0 Å². The number of ether oxygens (including phenoxy) is 1. The zero-order valence-corrected chi connectivity index (χ0v) is 16.1. The van der Waals surface area contributed by atoms with Gasteiger partial charge in [0.2, 0.25) is 0 Å². The molecule has 0 aliphatic rings. The molecule has 5 nitrogen and oxygen atoms in total. The van der Waals surface area contributed by atoms with E-state index < -0.39 is 0 Å². The van der Waals surface area contributed by atoms with E-state index in [1.807, 2.05) is 85.2 Å². The topological polar surface area (TPSA) is 55.6 Å². The minimum absolute atomic E-state index is 0.161. The van der Waals surface area contributed by atoms with Crippen molar-refractivity contribution in [2.24, 2.45) is 0 Å². The highest BCUT2D eigenvalue weighted by atomic mass is 16.5. The zero-order chi connectivity index (χ0) is 19.7. The summed E-state index contributed by atoms with van der Waals surface area (Å²) < 4.78 is 7.41. The Labute approximate surface area is 163 Å². The van der Waals surface area contributed by atoms with Gasteiger partial charge in [-0.2, -0.15) is 0 Å². The van der Waals surface area contributed by atoms with E-state index in [-0.39, 0.29) is 5.91 Å². The molecular formula is C23H21N3O2. The summed E-state index contributed by atoms with van der Waals surface area (Å²) in [7, 11) is 1.59. The van der Waals surface area contributed by atoms with Crippen LogP contribution in [0.4, 0.5) is 5.69 Å². The number of anilines is 1. The molecule has 0 spiro atoms. The maximum atomic E-state index is 12.9. The van der Waals surface area contributed by atoms with Crippen molar-refractivity contribution in [1.29, 1.82) is 0 Å². The summed E-state index contributed by atoms with van der Waals surface area (Å²) in [5.74, 6) is 0.442. The van der Waals surface area contributed by atoms with Crippen molar-refractivity contribution in [1.82, 2.24) is 9.38 Å². The van der Waals surface area contributed by atoms with Crippen molar-refractivity contribution in [3.8, 4) is 17.0 Å². The van der Waals surface area contributed by atoms with Crippen molar-refractivity contribution >= 4 is 17.2 Å². The number of benzene rings is 2. The number of hydrogen-bond donors (Lipinski definition) is 1. The highest BCUT2D eigenvalue weighted by Gasteiger charge is 2.14. The molecule has 4 aromatic rings. The van der Waals surface area contributed by atoms with Gasteiger partial charge in [-0.3, -0.25) is 4.79 Å². The van der Waals surface area contributed by atoms with Crippen LogP contribution in [0.2, 0.25) is 0 Å². The van der Waals surface area contributed by atoms with Crippen LogP contribution in [0.25, 0.3) is 16.9 Å². The van der Waals surface area contributed by atoms with Crippen LogP contribution < -0.4 is 10.1 Å². The molecule has 0 aliphatic heterocycles. The molecule has 0 radical (unpaired) electrons. The van der Waals surface area contributed by atoms with Crippen LogP contribution in [0, 0.1) is 13.8 Å². The minimum Gasteiger partial charge on any atom is -0.495 e. The lowest BCUT2D eigenvalue weighted by Crippen LogP contribution is -2.14. The highest BCUT2D eigenvalue weighted by Crippen LogP contribution is 2.31. The van der Waals surface area contributed by atoms with Gasteiger partial charge in [0.25, 0.3) is 5.91 Å². The molecular weight excluding hydrogens is 350 g/mol. The van der Waals surface area contributed by atoms with E-state index in [1.54, 1.807) is 7.11 Å². The van der Waals surface area contributed by atoms with Crippen LogP contribution in [-0.2, 0) is 0 Å². The van der Waals surface area contributed by atoms with E-state index in [4.69, 9.17) is 4.74 Å².